The third kappa shape index (κ3) is 9.81. The van der Waals surface area contributed by atoms with Crippen LogP contribution in [0.15, 0.2) is 72.8 Å². The second-order valence-electron chi connectivity index (χ2n) is 9.97. The fourth-order valence-corrected chi connectivity index (χ4v) is 4.42. The first-order valence-corrected chi connectivity index (χ1v) is 14.2. The van der Waals surface area contributed by atoms with Crippen LogP contribution in [0.5, 0.6) is 5.75 Å². The Morgan fingerprint density at radius 1 is 0.676 bits per heavy atom. The molecule has 0 fully saturated rings. The summed E-state index contributed by atoms with van der Waals surface area (Å²) in [6.45, 7) is 7.22. The van der Waals surface area contributed by atoms with Crippen molar-refractivity contribution < 1.29 is 14.3 Å². The van der Waals surface area contributed by atoms with E-state index < -0.39 is 0 Å². The number of aryl methyl sites for hydroxylation is 1. The number of unbranched alkanes of at least 4 members (excludes halogenated alkanes) is 7. The average molecular weight is 501 g/mol. The molecule has 3 heteroatoms. The van der Waals surface area contributed by atoms with Gasteiger partial charge in [-0.25, -0.2) is 4.79 Å². The molecule has 0 saturated carbocycles. The van der Waals surface area contributed by atoms with E-state index in [2.05, 4.69) is 38.1 Å². The fourth-order valence-electron chi connectivity index (χ4n) is 4.42. The number of benzene rings is 3. The molecule has 37 heavy (non-hydrogen) atoms. The highest BCUT2D eigenvalue weighted by Crippen LogP contribution is 2.24. The molecule has 3 aromatic rings. The van der Waals surface area contributed by atoms with Crippen LogP contribution in [0, 0.1) is 0 Å². The highest BCUT2D eigenvalue weighted by atomic mass is 16.5. The van der Waals surface area contributed by atoms with Gasteiger partial charge in [0.1, 0.15) is 5.75 Å². The molecular formula is C34H44O3. The van der Waals surface area contributed by atoms with Gasteiger partial charge in [-0.3, -0.25) is 0 Å². The summed E-state index contributed by atoms with van der Waals surface area (Å²) >= 11 is 0. The number of rotatable bonds is 16. The highest BCUT2D eigenvalue weighted by Gasteiger charge is 2.11. The Balaban J connectivity index is 1.46. The lowest BCUT2D eigenvalue weighted by molar-refractivity contribution is 0.0636. The van der Waals surface area contributed by atoms with E-state index in [0.717, 1.165) is 42.6 Å². The number of carbonyl (C=O) groups is 1. The van der Waals surface area contributed by atoms with Gasteiger partial charge in [-0.15, -0.1) is 0 Å². The summed E-state index contributed by atoms with van der Waals surface area (Å²) in [4.78, 5) is 12.7. The van der Waals surface area contributed by atoms with Gasteiger partial charge < -0.3 is 9.47 Å². The van der Waals surface area contributed by atoms with Gasteiger partial charge in [-0.1, -0.05) is 107 Å². The van der Waals surface area contributed by atoms with E-state index in [1.807, 2.05) is 55.5 Å². The van der Waals surface area contributed by atoms with E-state index in [-0.39, 0.29) is 12.1 Å². The van der Waals surface area contributed by atoms with E-state index in [4.69, 9.17) is 9.47 Å². The zero-order valence-corrected chi connectivity index (χ0v) is 23.0. The molecule has 3 rings (SSSR count). The molecule has 198 valence electrons. The van der Waals surface area contributed by atoms with Gasteiger partial charge in [-0.05, 0) is 72.7 Å². The molecule has 3 nitrogen and oxygen atoms in total. The first-order chi connectivity index (χ1) is 18.1. The van der Waals surface area contributed by atoms with Crippen molar-refractivity contribution in [2.24, 2.45) is 0 Å². The van der Waals surface area contributed by atoms with Crippen molar-refractivity contribution in [2.75, 3.05) is 6.61 Å². The maximum atomic E-state index is 12.7. The molecule has 0 heterocycles. The van der Waals surface area contributed by atoms with Crippen molar-refractivity contribution in [3.63, 3.8) is 0 Å². The molecule has 0 radical (unpaired) electrons. The quantitative estimate of drug-likeness (QED) is 0.111. The van der Waals surface area contributed by atoms with Gasteiger partial charge in [0.25, 0.3) is 0 Å². The molecule has 0 aliphatic heterocycles. The van der Waals surface area contributed by atoms with Crippen molar-refractivity contribution in [1.29, 1.82) is 0 Å². The minimum absolute atomic E-state index is 0.0261. The third-order valence-corrected chi connectivity index (χ3v) is 6.90. The lowest BCUT2D eigenvalue weighted by Gasteiger charge is -2.13. The topological polar surface area (TPSA) is 35.5 Å². The van der Waals surface area contributed by atoms with E-state index in [1.165, 1.54) is 50.5 Å². The van der Waals surface area contributed by atoms with Crippen LogP contribution < -0.4 is 4.74 Å². The maximum absolute atomic E-state index is 12.7. The Kier molecular flexibility index (Phi) is 12.4. The van der Waals surface area contributed by atoms with Gasteiger partial charge in [0.05, 0.1) is 11.7 Å². The summed E-state index contributed by atoms with van der Waals surface area (Å²) in [5, 5.41) is 0. The van der Waals surface area contributed by atoms with Crippen LogP contribution in [0.2, 0.25) is 0 Å². The normalized spacial score (nSPS) is 11.9. The predicted molar refractivity (Wildman–Crippen MR) is 154 cm³/mol. The van der Waals surface area contributed by atoms with Crippen LogP contribution in [0.25, 0.3) is 11.1 Å². The molecular weight excluding hydrogens is 456 g/mol. The molecule has 1 unspecified atom stereocenters. The first kappa shape index (κ1) is 28.7. The molecule has 0 bridgehead atoms. The number of hydrogen-bond donors (Lipinski definition) is 0. The van der Waals surface area contributed by atoms with Crippen molar-refractivity contribution in [1.82, 2.24) is 0 Å². The number of carbonyl (C=O) groups excluding carboxylic acids is 1. The molecule has 0 aromatic heterocycles. The van der Waals surface area contributed by atoms with Crippen molar-refractivity contribution in [3.05, 3.63) is 89.5 Å². The van der Waals surface area contributed by atoms with Gasteiger partial charge in [0.15, 0.2) is 0 Å². The van der Waals surface area contributed by atoms with Gasteiger partial charge in [-0.2, -0.15) is 0 Å². The monoisotopic (exact) mass is 500 g/mol. The molecule has 0 aliphatic rings. The van der Waals surface area contributed by atoms with E-state index in [0.29, 0.717) is 11.3 Å². The zero-order valence-electron chi connectivity index (χ0n) is 23.0. The molecule has 0 saturated heterocycles. The number of hydrogen-bond acceptors (Lipinski definition) is 3. The van der Waals surface area contributed by atoms with Crippen molar-refractivity contribution in [2.45, 2.75) is 91.1 Å². The number of esters is 1. The van der Waals surface area contributed by atoms with Gasteiger partial charge >= 0.3 is 5.97 Å². The minimum atomic E-state index is -0.350. The smallest absolute Gasteiger partial charge is 0.343 e. The molecule has 0 N–H and O–H groups in total. The number of ether oxygens (including phenoxy) is 2. The van der Waals surface area contributed by atoms with Crippen molar-refractivity contribution >= 4 is 5.97 Å². The first-order valence-electron chi connectivity index (χ1n) is 14.2. The summed E-state index contributed by atoms with van der Waals surface area (Å²) in [7, 11) is 0. The summed E-state index contributed by atoms with van der Waals surface area (Å²) in [6.07, 6.45) is 12.7. The Labute approximate surface area is 224 Å². The second kappa shape index (κ2) is 16.0. The summed E-state index contributed by atoms with van der Waals surface area (Å²) in [6, 6.07) is 24.0. The highest BCUT2D eigenvalue weighted by molar-refractivity contribution is 5.91. The minimum Gasteiger partial charge on any atom is -0.423 e. The molecule has 0 amide bonds. The summed E-state index contributed by atoms with van der Waals surface area (Å²) in [5.41, 5.74) is 5.27. The maximum Gasteiger partial charge on any atom is 0.343 e. The Hall–Kier alpha value is -2.91. The SMILES string of the molecule is CCCCCCCCCc1ccc(-c2ccc(C(=O)Oc3ccc(C(C)OCCCC)cc3)cc2)cc1. The van der Waals surface area contributed by atoms with Crippen LogP contribution in [-0.2, 0) is 11.2 Å². The van der Waals surface area contributed by atoms with E-state index >= 15 is 0 Å². The lowest BCUT2D eigenvalue weighted by atomic mass is 10.00. The van der Waals surface area contributed by atoms with Crippen LogP contribution in [0.4, 0.5) is 0 Å². The Morgan fingerprint density at radius 2 is 1.24 bits per heavy atom. The van der Waals surface area contributed by atoms with Crippen LogP contribution in [-0.4, -0.2) is 12.6 Å². The summed E-state index contributed by atoms with van der Waals surface area (Å²) in [5.74, 6) is 0.187. The van der Waals surface area contributed by atoms with Crippen LogP contribution in [0.1, 0.15) is 106 Å². The standard InChI is InChI=1S/C34H44O3/c1-4-6-8-9-10-11-12-13-28-14-16-30(17-15-28)31-18-20-32(21-19-31)34(35)37-33-24-22-29(23-25-33)27(3)36-26-7-5-2/h14-25,27H,4-13,26H2,1-3H3. The van der Waals surface area contributed by atoms with Crippen molar-refractivity contribution in [3.8, 4) is 16.9 Å². The lowest BCUT2D eigenvalue weighted by Crippen LogP contribution is -2.08. The third-order valence-electron chi connectivity index (χ3n) is 6.90. The Bertz CT molecular complexity index is 1040. The van der Waals surface area contributed by atoms with Gasteiger partial charge in [0, 0.05) is 6.61 Å². The summed E-state index contributed by atoms with van der Waals surface area (Å²) < 4.78 is 11.4. The fraction of sp³-hybridized carbons (Fsp3) is 0.441. The molecule has 0 aliphatic carbocycles. The van der Waals surface area contributed by atoms with Crippen LogP contribution in [0.3, 0.4) is 0 Å². The molecule has 3 aromatic carbocycles. The Morgan fingerprint density at radius 3 is 1.86 bits per heavy atom. The molecule has 1 atom stereocenters. The van der Waals surface area contributed by atoms with Gasteiger partial charge in [0.2, 0.25) is 0 Å². The second-order valence-corrected chi connectivity index (χ2v) is 9.97. The average Bonchev–Trinajstić information content (AvgIpc) is 2.93. The predicted octanol–water partition coefficient (Wildman–Crippen LogP) is 9.74. The largest absolute Gasteiger partial charge is 0.423 e. The van der Waals surface area contributed by atoms with E-state index in [9.17, 15) is 4.79 Å². The van der Waals surface area contributed by atoms with E-state index in [1.54, 1.807) is 0 Å². The van der Waals surface area contributed by atoms with Crippen LogP contribution >= 0.6 is 0 Å². The molecule has 0 spiro atoms. The zero-order chi connectivity index (χ0) is 26.3.